The Morgan fingerprint density at radius 3 is 2.78 bits per heavy atom. The molecule has 2 fully saturated rings. The summed E-state index contributed by atoms with van der Waals surface area (Å²) in [5.41, 5.74) is 0. The molecule has 3 atom stereocenters. The average molecular weight is 276 g/mol. The second-order valence-electron chi connectivity index (χ2n) is 5.26. The number of likely N-dealkylation sites (N-methyl/N-ethyl adjacent to an activating group) is 1. The van der Waals surface area contributed by atoms with Crippen molar-refractivity contribution in [2.45, 2.75) is 38.3 Å². The lowest BCUT2D eigenvalue weighted by Gasteiger charge is -2.28. The van der Waals surface area contributed by atoms with E-state index in [-0.39, 0.29) is 36.2 Å². The smallest absolute Gasteiger partial charge is 0.224 e. The number of halogens is 1. The van der Waals surface area contributed by atoms with E-state index in [1.807, 2.05) is 0 Å². The molecule has 0 aromatic rings. The molecule has 18 heavy (non-hydrogen) atoms. The molecule has 2 amide bonds. The fraction of sp³-hybridized carbons (Fsp3) is 0.833. The van der Waals surface area contributed by atoms with Crippen LogP contribution in [0.5, 0.6) is 0 Å². The van der Waals surface area contributed by atoms with Crippen molar-refractivity contribution in [3.63, 3.8) is 0 Å². The topological polar surface area (TPSA) is 61.4 Å². The summed E-state index contributed by atoms with van der Waals surface area (Å²) in [6, 6.07) is 0.414. The number of likely N-dealkylation sites (tertiary alicyclic amines) is 1. The molecule has 2 rings (SSSR count). The van der Waals surface area contributed by atoms with Crippen LogP contribution in [0.15, 0.2) is 0 Å². The largest absolute Gasteiger partial charge is 0.351 e. The molecule has 0 aromatic heterocycles. The van der Waals surface area contributed by atoms with Crippen molar-refractivity contribution in [2.24, 2.45) is 5.92 Å². The Hall–Kier alpha value is -0.810. The van der Waals surface area contributed by atoms with E-state index in [4.69, 9.17) is 0 Å². The molecule has 0 radical (unpaired) electrons. The van der Waals surface area contributed by atoms with E-state index in [1.165, 1.54) is 0 Å². The maximum Gasteiger partial charge on any atom is 0.224 e. The highest BCUT2D eigenvalue weighted by molar-refractivity contribution is 5.85. The lowest BCUT2D eigenvalue weighted by atomic mass is 9.92. The summed E-state index contributed by atoms with van der Waals surface area (Å²) in [5.74, 6) is 0.340. The van der Waals surface area contributed by atoms with Gasteiger partial charge in [0.05, 0.1) is 6.04 Å². The Kier molecular flexibility index (Phi) is 5.41. The fourth-order valence-corrected chi connectivity index (χ4v) is 2.65. The van der Waals surface area contributed by atoms with Crippen LogP contribution in [0.3, 0.4) is 0 Å². The van der Waals surface area contributed by atoms with Gasteiger partial charge >= 0.3 is 0 Å². The van der Waals surface area contributed by atoms with Gasteiger partial charge in [-0.2, -0.15) is 0 Å². The third-order valence-corrected chi connectivity index (χ3v) is 3.68. The van der Waals surface area contributed by atoms with Gasteiger partial charge in [0.15, 0.2) is 0 Å². The summed E-state index contributed by atoms with van der Waals surface area (Å²) in [5, 5.41) is 6.33. The Morgan fingerprint density at radius 1 is 1.50 bits per heavy atom. The number of hydrogen-bond donors (Lipinski definition) is 2. The Morgan fingerprint density at radius 2 is 2.22 bits per heavy atom. The highest BCUT2D eigenvalue weighted by Gasteiger charge is 2.31. The molecule has 2 heterocycles. The molecule has 5 nitrogen and oxygen atoms in total. The zero-order valence-electron chi connectivity index (χ0n) is 10.9. The minimum Gasteiger partial charge on any atom is -0.351 e. The highest BCUT2D eigenvalue weighted by atomic mass is 35.5. The molecular formula is C12H22ClN3O2. The van der Waals surface area contributed by atoms with Gasteiger partial charge in [0.2, 0.25) is 11.8 Å². The summed E-state index contributed by atoms with van der Waals surface area (Å²) in [7, 11) is 1.78. The number of piperidine rings is 1. The van der Waals surface area contributed by atoms with Gasteiger partial charge in [-0.05, 0) is 26.3 Å². The van der Waals surface area contributed by atoms with E-state index < -0.39 is 0 Å². The van der Waals surface area contributed by atoms with Crippen LogP contribution in [0, 0.1) is 5.92 Å². The van der Waals surface area contributed by atoms with Gasteiger partial charge in [-0.3, -0.25) is 9.59 Å². The number of nitrogens with one attached hydrogen (secondary N) is 2. The van der Waals surface area contributed by atoms with Crippen LogP contribution in [0.2, 0.25) is 0 Å². The molecule has 6 heteroatoms. The van der Waals surface area contributed by atoms with E-state index in [0.29, 0.717) is 19.0 Å². The first-order valence-corrected chi connectivity index (χ1v) is 6.34. The van der Waals surface area contributed by atoms with Crippen LogP contribution in [-0.4, -0.2) is 48.9 Å². The first-order valence-electron chi connectivity index (χ1n) is 6.34. The monoisotopic (exact) mass is 275 g/mol. The summed E-state index contributed by atoms with van der Waals surface area (Å²) >= 11 is 0. The molecule has 0 saturated carbocycles. The first kappa shape index (κ1) is 15.2. The van der Waals surface area contributed by atoms with Crippen molar-refractivity contribution in [3.8, 4) is 0 Å². The number of carbonyl (C=O) groups is 2. The van der Waals surface area contributed by atoms with Crippen LogP contribution in [0.25, 0.3) is 0 Å². The molecule has 2 aliphatic rings. The van der Waals surface area contributed by atoms with Gasteiger partial charge in [0, 0.05) is 32.0 Å². The second kappa shape index (κ2) is 6.38. The third-order valence-electron chi connectivity index (χ3n) is 3.68. The van der Waals surface area contributed by atoms with Crippen LogP contribution in [0.1, 0.15) is 26.2 Å². The lowest BCUT2D eigenvalue weighted by Crippen LogP contribution is -2.45. The van der Waals surface area contributed by atoms with E-state index in [2.05, 4.69) is 17.6 Å². The average Bonchev–Trinajstić information content (AvgIpc) is 2.58. The summed E-state index contributed by atoms with van der Waals surface area (Å²) < 4.78 is 0. The molecule has 1 unspecified atom stereocenters. The molecule has 2 N–H and O–H groups in total. The fourth-order valence-electron chi connectivity index (χ4n) is 2.65. The third kappa shape index (κ3) is 3.59. The minimum absolute atomic E-state index is 0. The van der Waals surface area contributed by atoms with Gasteiger partial charge in [0.1, 0.15) is 0 Å². The number of nitrogens with zero attached hydrogens (tertiary/aromatic N) is 1. The van der Waals surface area contributed by atoms with Crippen molar-refractivity contribution in [2.75, 3.05) is 20.1 Å². The van der Waals surface area contributed by atoms with Gasteiger partial charge < -0.3 is 15.5 Å². The van der Waals surface area contributed by atoms with E-state index in [0.717, 1.165) is 19.4 Å². The maximum absolute atomic E-state index is 12.0. The Bertz CT molecular complexity index is 324. The van der Waals surface area contributed by atoms with E-state index in [9.17, 15) is 9.59 Å². The van der Waals surface area contributed by atoms with Gasteiger partial charge in [-0.15, -0.1) is 12.4 Å². The quantitative estimate of drug-likeness (QED) is 0.754. The normalized spacial score (nSPS) is 32.0. The summed E-state index contributed by atoms with van der Waals surface area (Å²) in [6.07, 6.45) is 2.23. The van der Waals surface area contributed by atoms with E-state index >= 15 is 0 Å². The standard InChI is InChI=1S/C12H21N3O2.ClH/c1-8-5-9(3-4-13-8)12(17)14-10-6-11(16)15(2)7-10;/h8-10,13H,3-7H2,1-2H3,(H,14,17);1H/t8-,9-,10?;/m0./s1. The predicted molar refractivity (Wildman–Crippen MR) is 71.6 cm³/mol. The number of carbonyl (C=O) groups excluding carboxylic acids is 2. The molecule has 0 aromatic carbocycles. The van der Waals surface area contributed by atoms with Crippen molar-refractivity contribution in [3.05, 3.63) is 0 Å². The van der Waals surface area contributed by atoms with Gasteiger partial charge in [0.25, 0.3) is 0 Å². The van der Waals surface area contributed by atoms with Crippen molar-refractivity contribution in [1.82, 2.24) is 15.5 Å². The summed E-state index contributed by atoms with van der Waals surface area (Å²) in [6.45, 7) is 3.65. The maximum atomic E-state index is 12.0. The first-order chi connectivity index (χ1) is 8.06. The van der Waals surface area contributed by atoms with Crippen LogP contribution in [0.4, 0.5) is 0 Å². The molecule has 0 bridgehead atoms. The molecule has 104 valence electrons. The zero-order valence-corrected chi connectivity index (χ0v) is 11.8. The number of hydrogen-bond acceptors (Lipinski definition) is 3. The minimum atomic E-state index is 0. The molecule has 0 spiro atoms. The number of rotatable bonds is 2. The summed E-state index contributed by atoms with van der Waals surface area (Å²) in [4.78, 5) is 25.1. The van der Waals surface area contributed by atoms with Crippen molar-refractivity contribution >= 4 is 24.2 Å². The SMILES string of the molecule is C[C@H]1C[C@@H](C(=O)NC2CC(=O)N(C)C2)CCN1.Cl. The van der Waals surface area contributed by atoms with Crippen molar-refractivity contribution in [1.29, 1.82) is 0 Å². The van der Waals surface area contributed by atoms with Crippen molar-refractivity contribution < 1.29 is 9.59 Å². The van der Waals surface area contributed by atoms with Gasteiger partial charge in [-0.25, -0.2) is 0 Å². The second-order valence-corrected chi connectivity index (χ2v) is 5.26. The van der Waals surface area contributed by atoms with Crippen LogP contribution >= 0.6 is 12.4 Å². The van der Waals surface area contributed by atoms with Crippen LogP contribution in [-0.2, 0) is 9.59 Å². The molecule has 0 aliphatic carbocycles. The number of amides is 2. The molecule has 2 aliphatic heterocycles. The molecule has 2 saturated heterocycles. The van der Waals surface area contributed by atoms with Gasteiger partial charge in [-0.1, -0.05) is 0 Å². The zero-order chi connectivity index (χ0) is 12.4. The highest BCUT2D eigenvalue weighted by Crippen LogP contribution is 2.17. The Balaban J connectivity index is 0.00000162. The van der Waals surface area contributed by atoms with E-state index in [1.54, 1.807) is 11.9 Å². The molecular weight excluding hydrogens is 254 g/mol. The predicted octanol–water partition coefficient (Wildman–Crippen LogP) is 0.143. The van der Waals surface area contributed by atoms with Crippen LogP contribution < -0.4 is 10.6 Å². The Labute approximate surface area is 114 Å². The lowest BCUT2D eigenvalue weighted by molar-refractivity contribution is -0.126.